The summed E-state index contributed by atoms with van der Waals surface area (Å²) in [6, 6.07) is 17.2. The standard InChI is InChI=1S/C28H26N2O7S.2H2/c1-17-2-3-18(13-26(31)28(10-11-28)20-6-9-24-25(14-20)36-16-35-24)12-22(17)19-4-7-21(8-5-19)38(33,34)30-23-15-37-29-27(23)32;;/h2-9,12,14,23,30H,10-11,13,15-16H2,1H3,(H,29,32);2*1H/t23-;;/m1../s1. The summed E-state index contributed by atoms with van der Waals surface area (Å²) in [7, 11) is -3.90. The molecule has 2 fully saturated rings. The lowest BCUT2D eigenvalue weighted by molar-refractivity contribution is -0.125. The van der Waals surface area contributed by atoms with Crippen LogP contribution in [0.1, 0.15) is 32.4 Å². The number of nitrogens with one attached hydrogen (secondary N) is 2. The van der Waals surface area contributed by atoms with E-state index >= 15 is 0 Å². The van der Waals surface area contributed by atoms with Crippen molar-refractivity contribution in [2.24, 2.45) is 0 Å². The van der Waals surface area contributed by atoms with E-state index in [2.05, 4.69) is 10.2 Å². The number of fused-ring (bicyclic) bond motifs is 1. The highest BCUT2D eigenvalue weighted by Gasteiger charge is 2.50. The van der Waals surface area contributed by atoms with E-state index in [9.17, 15) is 18.0 Å². The van der Waals surface area contributed by atoms with E-state index < -0.39 is 27.4 Å². The highest BCUT2D eigenvalue weighted by Crippen LogP contribution is 2.51. The topological polar surface area (TPSA) is 120 Å². The van der Waals surface area contributed by atoms with Crippen molar-refractivity contribution >= 4 is 21.7 Å². The second kappa shape index (κ2) is 9.23. The summed E-state index contributed by atoms with van der Waals surface area (Å²) >= 11 is 0. The molecule has 2 N–H and O–H groups in total. The number of carbonyl (C=O) groups excluding carboxylic acids is 2. The van der Waals surface area contributed by atoms with Gasteiger partial charge in [-0.15, -0.1) is 0 Å². The molecule has 1 saturated heterocycles. The maximum Gasteiger partial charge on any atom is 0.264 e. The first-order chi connectivity index (χ1) is 18.2. The number of ketones is 1. The molecule has 1 saturated carbocycles. The Hall–Kier alpha value is -3.73. The third-order valence-corrected chi connectivity index (χ3v) is 8.88. The van der Waals surface area contributed by atoms with Crippen molar-refractivity contribution in [3.8, 4) is 22.6 Å². The Morgan fingerprint density at radius 3 is 2.53 bits per heavy atom. The molecule has 6 rings (SSSR count). The zero-order valence-corrected chi connectivity index (χ0v) is 21.5. The second-order valence-corrected chi connectivity index (χ2v) is 11.6. The van der Waals surface area contributed by atoms with Crippen LogP contribution in [0.5, 0.6) is 11.5 Å². The lowest BCUT2D eigenvalue weighted by Crippen LogP contribution is -2.41. The van der Waals surface area contributed by atoms with Gasteiger partial charge in [-0.05, 0) is 71.8 Å². The van der Waals surface area contributed by atoms with Crippen LogP contribution < -0.4 is 19.7 Å². The quantitative estimate of drug-likeness (QED) is 0.451. The van der Waals surface area contributed by atoms with Crippen LogP contribution in [0.15, 0.2) is 65.6 Å². The number of aryl methyl sites for hydroxylation is 1. The third-order valence-electron chi connectivity index (χ3n) is 7.39. The molecule has 1 aliphatic carbocycles. The Bertz CT molecular complexity index is 1560. The highest BCUT2D eigenvalue weighted by atomic mass is 32.2. The summed E-state index contributed by atoms with van der Waals surface area (Å²) in [5.41, 5.74) is 6.26. The number of sulfonamides is 1. The Balaban J connectivity index is 0.00000185. The molecule has 3 aromatic carbocycles. The fraction of sp³-hybridized carbons (Fsp3) is 0.286. The van der Waals surface area contributed by atoms with Crippen molar-refractivity contribution in [2.75, 3.05) is 13.4 Å². The average molecular weight is 539 g/mol. The van der Waals surface area contributed by atoms with Gasteiger partial charge in [0, 0.05) is 9.27 Å². The molecule has 0 spiro atoms. The van der Waals surface area contributed by atoms with Crippen LogP contribution in [0, 0.1) is 6.92 Å². The SMILES string of the molecule is Cc1ccc(CC(=O)C2(c3ccc4c(c3)OCO4)CC2)cc1-c1ccc(S(=O)(=O)N[C@@H]2CONC2=O)cc1.[HH].[HH]. The number of hydrogen-bond donors (Lipinski definition) is 2. The lowest BCUT2D eigenvalue weighted by atomic mass is 9.87. The molecule has 1 atom stereocenters. The lowest BCUT2D eigenvalue weighted by Gasteiger charge is -2.16. The normalized spacial score (nSPS) is 19.3. The fourth-order valence-corrected chi connectivity index (χ4v) is 6.17. The monoisotopic (exact) mass is 538 g/mol. The number of Topliss-reactive ketones (excluding diaryl/α,β-unsaturated/α-hetero) is 1. The minimum atomic E-state index is -3.90. The van der Waals surface area contributed by atoms with Crippen molar-refractivity contribution < 1.29 is 35.2 Å². The first kappa shape index (κ1) is 24.6. The second-order valence-electron chi connectivity index (χ2n) is 9.87. The van der Waals surface area contributed by atoms with Crippen LogP contribution in [-0.4, -0.2) is 39.5 Å². The van der Waals surface area contributed by atoms with Gasteiger partial charge in [0.1, 0.15) is 18.4 Å². The maximum absolute atomic E-state index is 13.5. The number of amides is 1. The van der Waals surface area contributed by atoms with Crippen LogP contribution >= 0.6 is 0 Å². The van der Waals surface area contributed by atoms with Crippen molar-refractivity contribution in [2.45, 2.75) is 42.5 Å². The Kier molecular flexibility index (Phi) is 5.97. The number of benzene rings is 3. The van der Waals surface area contributed by atoms with Gasteiger partial charge in [-0.3, -0.25) is 14.4 Å². The Morgan fingerprint density at radius 1 is 1.05 bits per heavy atom. The molecular weight excluding hydrogens is 508 g/mol. The molecule has 0 aromatic heterocycles. The Labute approximate surface area is 223 Å². The number of rotatable bonds is 8. The fourth-order valence-electron chi connectivity index (χ4n) is 4.99. The molecule has 0 radical (unpaired) electrons. The van der Waals surface area contributed by atoms with Crippen molar-refractivity contribution in [3.63, 3.8) is 0 Å². The van der Waals surface area contributed by atoms with Gasteiger partial charge in [-0.2, -0.15) is 4.72 Å². The molecule has 3 aliphatic rings. The third kappa shape index (κ3) is 4.44. The zero-order valence-electron chi connectivity index (χ0n) is 20.7. The first-order valence-electron chi connectivity index (χ1n) is 12.3. The molecule has 0 unspecified atom stereocenters. The predicted molar refractivity (Wildman–Crippen MR) is 141 cm³/mol. The predicted octanol–water partition coefficient (Wildman–Crippen LogP) is 3.43. The van der Waals surface area contributed by atoms with Gasteiger partial charge in [0.25, 0.3) is 5.91 Å². The molecule has 10 heteroatoms. The van der Waals surface area contributed by atoms with Crippen molar-refractivity contribution in [1.29, 1.82) is 0 Å². The average Bonchev–Trinajstić information content (AvgIpc) is 3.43. The Morgan fingerprint density at radius 2 is 1.82 bits per heavy atom. The number of hydroxylamine groups is 1. The minimum absolute atomic E-state index is 0. The van der Waals surface area contributed by atoms with Crippen LogP contribution in [0.4, 0.5) is 0 Å². The number of ether oxygens (including phenoxy) is 2. The molecule has 0 bridgehead atoms. The number of carbonyl (C=O) groups is 2. The van der Waals surface area contributed by atoms with Gasteiger partial charge < -0.3 is 9.47 Å². The largest absolute Gasteiger partial charge is 0.454 e. The van der Waals surface area contributed by atoms with Gasteiger partial charge >= 0.3 is 0 Å². The maximum atomic E-state index is 13.5. The van der Waals surface area contributed by atoms with Gasteiger partial charge in [0.05, 0.1) is 10.3 Å². The highest BCUT2D eigenvalue weighted by molar-refractivity contribution is 7.89. The van der Waals surface area contributed by atoms with Crippen LogP contribution in [0.25, 0.3) is 11.1 Å². The number of hydrogen-bond acceptors (Lipinski definition) is 7. The molecule has 3 aromatic rings. The van der Waals surface area contributed by atoms with E-state index in [0.717, 1.165) is 40.7 Å². The smallest absolute Gasteiger partial charge is 0.264 e. The van der Waals surface area contributed by atoms with Crippen molar-refractivity contribution in [1.82, 2.24) is 10.2 Å². The summed E-state index contributed by atoms with van der Waals surface area (Å²) in [6.07, 6.45) is 1.91. The van der Waals surface area contributed by atoms with Crippen LogP contribution in [0.2, 0.25) is 0 Å². The van der Waals surface area contributed by atoms with Gasteiger partial charge in [-0.25, -0.2) is 13.9 Å². The van der Waals surface area contributed by atoms with E-state index in [0.29, 0.717) is 17.9 Å². The summed E-state index contributed by atoms with van der Waals surface area (Å²) in [4.78, 5) is 30.0. The van der Waals surface area contributed by atoms with Gasteiger partial charge in [0.15, 0.2) is 11.5 Å². The summed E-state index contributed by atoms with van der Waals surface area (Å²) in [6.45, 7) is 2.10. The molecule has 2 heterocycles. The molecule has 1 amide bonds. The molecular formula is C28H30N2O7S. The molecule has 38 heavy (non-hydrogen) atoms. The van der Waals surface area contributed by atoms with E-state index in [1.165, 1.54) is 12.1 Å². The molecule has 200 valence electrons. The van der Waals surface area contributed by atoms with E-state index in [-0.39, 0.29) is 26.9 Å². The summed E-state index contributed by atoms with van der Waals surface area (Å²) in [5.74, 6) is 1.02. The van der Waals surface area contributed by atoms with E-state index in [1.807, 2.05) is 43.3 Å². The van der Waals surface area contributed by atoms with Crippen LogP contribution in [-0.2, 0) is 36.3 Å². The van der Waals surface area contributed by atoms with E-state index in [4.69, 9.17) is 14.3 Å². The zero-order chi connectivity index (χ0) is 26.5. The van der Waals surface area contributed by atoms with Gasteiger partial charge in [0.2, 0.25) is 16.8 Å². The summed E-state index contributed by atoms with van der Waals surface area (Å²) < 4.78 is 38.7. The minimum Gasteiger partial charge on any atom is -0.454 e. The molecule has 2 aliphatic heterocycles. The first-order valence-corrected chi connectivity index (χ1v) is 13.8. The van der Waals surface area contributed by atoms with Gasteiger partial charge in [-0.1, -0.05) is 36.4 Å². The van der Waals surface area contributed by atoms with Crippen LogP contribution in [0.3, 0.4) is 0 Å². The van der Waals surface area contributed by atoms with Crippen molar-refractivity contribution in [3.05, 3.63) is 77.4 Å². The van der Waals surface area contributed by atoms with E-state index in [1.54, 1.807) is 12.1 Å². The molecule has 9 nitrogen and oxygen atoms in total. The summed E-state index contributed by atoms with van der Waals surface area (Å²) in [5, 5.41) is 0.